The Morgan fingerprint density at radius 2 is 2.07 bits per heavy atom. The number of aromatic nitrogens is 2. The number of thioether (sulfide) groups is 1. The molecule has 142 valence electrons. The van der Waals surface area contributed by atoms with Gasteiger partial charge >= 0.3 is 6.18 Å². The third-order valence-corrected chi connectivity index (χ3v) is 4.48. The van der Waals surface area contributed by atoms with Gasteiger partial charge in [-0.3, -0.25) is 14.4 Å². The number of aromatic amines is 1. The first-order valence-electron chi connectivity index (χ1n) is 7.65. The van der Waals surface area contributed by atoms with Gasteiger partial charge < -0.3 is 15.6 Å². The highest BCUT2D eigenvalue weighted by Gasteiger charge is 2.35. The number of hydrogen-bond acceptors (Lipinski definition) is 5. The first-order valence-corrected chi connectivity index (χ1v) is 8.87. The summed E-state index contributed by atoms with van der Waals surface area (Å²) < 4.78 is 38.4. The van der Waals surface area contributed by atoms with Crippen molar-refractivity contribution in [2.45, 2.75) is 23.7 Å². The van der Waals surface area contributed by atoms with Gasteiger partial charge in [0.05, 0.1) is 17.0 Å². The highest BCUT2D eigenvalue weighted by molar-refractivity contribution is 7.98. The fourth-order valence-corrected chi connectivity index (χ4v) is 3.05. The summed E-state index contributed by atoms with van der Waals surface area (Å²) in [4.78, 5) is 43.4. The number of alkyl halides is 3. The first-order chi connectivity index (χ1) is 12.7. The molecule has 1 aliphatic rings. The molecule has 7 nitrogen and oxygen atoms in total. The maximum absolute atomic E-state index is 12.8. The van der Waals surface area contributed by atoms with E-state index in [0.29, 0.717) is 0 Å². The predicted octanol–water partition coefficient (Wildman–Crippen LogP) is 2.58. The maximum Gasteiger partial charge on any atom is 0.416 e. The fraction of sp³-hybridized carbons (Fsp3) is 0.250. The molecule has 11 heteroatoms. The number of hydrogen-bond donors (Lipinski definition) is 3. The van der Waals surface area contributed by atoms with Gasteiger partial charge in [0.25, 0.3) is 5.56 Å². The van der Waals surface area contributed by atoms with Crippen LogP contribution in [0.3, 0.4) is 0 Å². The molecular weight excluding hydrogens is 385 g/mol. The molecule has 1 aromatic carbocycles. The van der Waals surface area contributed by atoms with Crippen molar-refractivity contribution in [3.8, 4) is 0 Å². The van der Waals surface area contributed by atoms with E-state index in [9.17, 15) is 27.6 Å². The second-order valence-corrected chi connectivity index (χ2v) is 6.51. The highest BCUT2D eigenvalue weighted by atomic mass is 32.2. The number of nitrogens with one attached hydrogen (secondary N) is 3. The molecule has 2 heterocycles. The van der Waals surface area contributed by atoms with Crippen molar-refractivity contribution in [1.82, 2.24) is 9.97 Å². The van der Waals surface area contributed by atoms with E-state index in [2.05, 4.69) is 20.6 Å². The number of H-pyrrole nitrogens is 1. The third-order valence-electron chi connectivity index (χ3n) is 3.90. The Morgan fingerprint density at radius 1 is 1.33 bits per heavy atom. The summed E-state index contributed by atoms with van der Waals surface area (Å²) in [5, 5.41) is 5.04. The number of fused-ring (bicyclic) bond motifs is 1. The zero-order valence-corrected chi connectivity index (χ0v) is 14.6. The Morgan fingerprint density at radius 3 is 2.74 bits per heavy atom. The van der Waals surface area contributed by atoms with Gasteiger partial charge in [-0.25, -0.2) is 4.98 Å². The number of nitrogens with zero attached hydrogens (tertiary/aromatic N) is 1. The molecule has 0 saturated carbocycles. The van der Waals surface area contributed by atoms with Gasteiger partial charge in [-0.1, -0.05) is 17.8 Å². The fourth-order valence-electron chi connectivity index (χ4n) is 2.67. The van der Waals surface area contributed by atoms with Crippen molar-refractivity contribution in [1.29, 1.82) is 0 Å². The Kier molecular flexibility index (Phi) is 4.96. The minimum atomic E-state index is -4.56. The van der Waals surface area contributed by atoms with Crippen LogP contribution in [0.1, 0.15) is 23.5 Å². The van der Waals surface area contributed by atoms with Crippen LogP contribution in [0.25, 0.3) is 0 Å². The Bertz CT molecular complexity index is 974. The van der Waals surface area contributed by atoms with Gasteiger partial charge in [-0.15, -0.1) is 0 Å². The lowest BCUT2D eigenvalue weighted by molar-refractivity contribution is -0.137. The molecule has 2 aromatic rings. The molecule has 0 fully saturated rings. The van der Waals surface area contributed by atoms with Gasteiger partial charge in [0, 0.05) is 12.1 Å². The lowest BCUT2D eigenvalue weighted by atomic mass is 9.92. The summed E-state index contributed by atoms with van der Waals surface area (Å²) in [6.07, 6.45) is -3.21. The standard InChI is InChI=1S/C16H13F3N4O3S/c1-27-15-22-12-11(14(26)23-15)9(6-10(24)21-12)13(25)20-8-4-2-3-7(5-8)16(17,18)19/h2-5,9H,6H2,1H3,(H,20,25)(H2,21,22,23,24,26)/t9-/m0/s1. The van der Waals surface area contributed by atoms with Gasteiger partial charge in [0.15, 0.2) is 5.16 Å². The second-order valence-electron chi connectivity index (χ2n) is 5.71. The minimum absolute atomic E-state index is 0.0245. The Balaban J connectivity index is 1.93. The van der Waals surface area contributed by atoms with E-state index in [0.717, 1.165) is 30.0 Å². The lowest BCUT2D eigenvalue weighted by Crippen LogP contribution is -2.36. The van der Waals surface area contributed by atoms with Gasteiger partial charge in [0.1, 0.15) is 5.82 Å². The maximum atomic E-state index is 12.8. The van der Waals surface area contributed by atoms with Crippen LogP contribution >= 0.6 is 11.8 Å². The molecular formula is C16H13F3N4O3S. The van der Waals surface area contributed by atoms with E-state index in [1.807, 2.05) is 0 Å². The summed E-state index contributed by atoms with van der Waals surface area (Å²) in [6, 6.07) is 4.09. The average Bonchev–Trinajstić information content (AvgIpc) is 2.59. The van der Waals surface area contributed by atoms with Crippen molar-refractivity contribution in [2.75, 3.05) is 16.9 Å². The molecule has 0 radical (unpaired) electrons. The Hall–Kier alpha value is -2.82. The van der Waals surface area contributed by atoms with E-state index in [-0.39, 0.29) is 28.6 Å². The molecule has 1 aliphatic heterocycles. The molecule has 0 spiro atoms. The lowest BCUT2D eigenvalue weighted by Gasteiger charge is -2.23. The quantitative estimate of drug-likeness (QED) is 0.545. The van der Waals surface area contributed by atoms with Crippen molar-refractivity contribution in [3.63, 3.8) is 0 Å². The topological polar surface area (TPSA) is 104 Å². The summed E-state index contributed by atoms with van der Waals surface area (Å²) in [5.41, 5.74) is -1.64. The van der Waals surface area contributed by atoms with E-state index in [1.54, 1.807) is 6.26 Å². The third kappa shape index (κ3) is 3.97. The zero-order valence-electron chi connectivity index (χ0n) is 13.8. The average molecular weight is 398 g/mol. The Labute approximate surface area is 154 Å². The van der Waals surface area contributed by atoms with Crippen molar-refractivity contribution in [2.24, 2.45) is 0 Å². The van der Waals surface area contributed by atoms with Gasteiger partial charge in [-0.05, 0) is 24.5 Å². The molecule has 0 saturated heterocycles. The molecule has 1 aromatic heterocycles. The van der Waals surface area contributed by atoms with E-state index < -0.39 is 35.0 Å². The molecule has 0 aliphatic carbocycles. The number of rotatable bonds is 3. The van der Waals surface area contributed by atoms with Crippen molar-refractivity contribution < 1.29 is 22.8 Å². The highest BCUT2D eigenvalue weighted by Crippen LogP contribution is 2.32. The van der Waals surface area contributed by atoms with E-state index in [1.165, 1.54) is 6.07 Å². The molecule has 3 N–H and O–H groups in total. The summed E-state index contributed by atoms with van der Waals surface area (Å²) >= 11 is 1.15. The zero-order chi connectivity index (χ0) is 19.8. The first kappa shape index (κ1) is 19.0. The predicted molar refractivity (Wildman–Crippen MR) is 92.7 cm³/mol. The summed E-state index contributed by atoms with van der Waals surface area (Å²) in [7, 11) is 0. The number of halogens is 3. The number of amides is 2. The van der Waals surface area contributed by atoms with Crippen molar-refractivity contribution in [3.05, 3.63) is 45.7 Å². The molecule has 2 amide bonds. The van der Waals surface area contributed by atoms with E-state index >= 15 is 0 Å². The largest absolute Gasteiger partial charge is 0.416 e. The monoisotopic (exact) mass is 398 g/mol. The normalized spacial score (nSPS) is 16.4. The van der Waals surface area contributed by atoms with Crippen LogP contribution in [0, 0.1) is 0 Å². The van der Waals surface area contributed by atoms with Crippen LogP contribution in [0.4, 0.5) is 24.7 Å². The molecule has 0 unspecified atom stereocenters. The van der Waals surface area contributed by atoms with E-state index in [4.69, 9.17) is 0 Å². The second kappa shape index (κ2) is 7.06. The van der Waals surface area contributed by atoms with Gasteiger partial charge in [-0.2, -0.15) is 13.2 Å². The summed E-state index contributed by atoms with van der Waals surface area (Å²) in [5.74, 6) is -2.48. The smallest absolute Gasteiger partial charge is 0.326 e. The molecule has 1 atom stereocenters. The van der Waals surface area contributed by atoms with Crippen LogP contribution in [0.2, 0.25) is 0 Å². The van der Waals surface area contributed by atoms with Crippen LogP contribution in [-0.4, -0.2) is 28.0 Å². The van der Waals surface area contributed by atoms with Crippen molar-refractivity contribution >= 4 is 35.1 Å². The SMILES string of the molecule is CSc1nc2c(c(=O)[nH]1)[C@@H](C(=O)Nc1cccc(C(F)(F)F)c1)CC(=O)N2. The number of anilines is 2. The molecule has 3 rings (SSSR count). The van der Waals surface area contributed by atoms with Crippen LogP contribution in [0.5, 0.6) is 0 Å². The van der Waals surface area contributed by atoms with Gasteiger partial charge in [0.2, 0.25) is 11.8 Å². The van der Waals surface area contributed by atoms with Crippen LogP contribution in [-0.2, 0) is 15.8 Å². The van der Waals surface area contributed by atoms with Crippen LogP contribution < -0.4 is 16.2 Å². The minimum Gasteiger partial charge on any atom is -0.326 e. The number of carbonyl (C=O) groups is 2. The molecule has 0 bridgehead atoms. The summed E-state index contributed by atoms with van der Waals surface area (Å²) in [6.45, 7) is 0. The molecule has 27 heavy (non-hydrogen) atoms. The number of carbonyl (C=O) groups excluding carboxylic acids is 2. The van der Waals surface area contributed by atoms with Crippen LogP contribution in [0.15, 0.2) is 34.2 Å². The number of benzene rings is 1.